The van der Waals surface area contributed by atoms with Crippen LogP contribution in [0.3, 0.4) is 0 Å². The molecule has 0 bridgehead atoms. The van der Waals surface area contributed by atoms with E-state index in [4.69, 9.17) is 26.1 Å². The number of ether oxygens (including phenoxy) is 2. The normalized spacial score (nSPS) is 16.4. The van der Waals surface area contributed by atoms with Gasteiger partial charge in [0.2, 0.25) is 0 Å². The maximum atomic E-state index is 13.0. The SMILES string of the molecule is COc1ccccc1N1C(=O)/C(=C\c2ccc(COc3ccc4c(c3)CCC4)o2)NC1=S. The fourth-order valence-corrected chi connectivity index (χ4v) is 4.34. The second-order valence-electron chi connectivity index (χ2n) is 7.68. The number of carbonyl (C=O) groups is 1. The number of anilines is 1. The van der Waals surface area contributed by atoms with Crippen molar-refractivity contribution >= 4 is 35.0 Å². The van der Waals surface area contributed by atoms with Crippen molar-refractivity contribution in [3.8, 4) is 11.5 Å². The smallest absolute Gasteiger partial charge is 0.281 e. The monoisotopic (exact) mass is 446 g/mol. The summed E-state index contributed by atoms with van der Waals surface area (Å²) in [4.78, 5) is 14.4. The van der Waals surface area contributed by atoms with Crippen molar-refractivity contribution in [2.24, 2.45) is 0 Å². The third-order valence-electron chi connectivity index (χ3n) is 5.62. The Morgan fingerprint density at radius 2 is 1.97 bits per heavy atom. The molecule has 1 aliphatic heterocycles. The number of thiocarbonyl (C=S) groups is 1. The largest absolute Gasteiger partial charge is 0.495 e. The summed E-state index contributed by atoms with van der Waals surface area (Å²) < 4.78 is 17.1. The third kappa shape index (κ3) is 3.87. The summed E-state index contributed by atoms with van der Waals surface area (Å²) in [5.41, 5.74) is 3.71. The number of hydrogen-bond acceptors (Lipinski definition) is 5. The van der Waals surface area contributed by atoms with E-state index in [1.165, 1.54) is 22.4 Å². The van der Waals surface area contributed by atoms with E-state index in [9.17, 15) is 4.79 Å². The summed E-state index contributed by atoms with van der Waals surface area (Å²) in [5, 5.41) is 3.25. The molecule has 5 rings (SSSR count). The molecular formula is C25H22N2O4S. The summed E-state index contributed by atoms with van der Waals surface area (Å²) in [7, 11) is 1.56. The van der Waals surface area contributed by atoms with Crippen LogP contribution in [0.2, 0.25) is 0 Å². The lowest BCUT2D eigenvalue weighted by atomic mass is 10.1. The molecular weight excluding hydrogens is 424 g/mol. The molecule has 2 aromatic carbocycles. The number of amides is 1. The van der Waals surface area contributed by atoms with E-state index in [-0.39, 0.29) is 11.0 Å². The van der Waals surface area contributed by atoms with Gasteiger partial charge < -0.3 is 19.2 Å². The quantitative estimate of drug-likeness (QED) is 0.440. The summed E-state index contributed by atoms with van der Waals surface area (Å²) in [6, 6.07) is 17.1. The van der Waals surface area contributed by atoms with E-state index in [1.54, 1.807) is 31.4 Å². The number of nitrogens with zero attached hydrogens (tertiary/aromatic N) is 1. The highest BCUT2D eigenvalue weighted by molar-refractivity contribution is 7.80. The van der Waals surface area contributed by atoms with Crippen LogP contribution in [0.4, 0.5) is 5.69 Å². The maximum absolute atomic E-state index is 13.0. The predicted octanol–water partition coefficient (Wildman–Crippen LogP) is 4.62. The van der Waals surface area contributed by atoms with Gasteiger partial charge >= 0.3 is 0 Å². The molecule has 2 heterocycles. The van der Waals surface area contributed by atoms with Gasteiger partial charge in [-0.05, 0) is 79.0 Å². The topological polar surface area (TPSA) is 63.9 Å². The number of fused-ring (bicyclic) bond motifs is 1. The lowest BCUT2D eigenvalue weighted by molar-refractivity contribution is -0.113. The number of para-hydroxylation sites is 2. The van der Waals surface area contributed by atoms with Gasteiger partial charge in [0.1, 0.15) is 35.3 Å². The molecule has 7 heteroatoms. The average Bonchev–Trinajstić information content (AvgIpc) is 3.52. The highest BCUT2D eigenvalue weighted by Crippen LogP contribution is 2.31. The first kappa shape index (κ1) is 20.3. The van der Waals surface area contributed by atoms with Crippen molar-refractivity contribution in [3.05, 3.63) is 82.9 Å². The number of carbonyl (C=O) groups excluding carboxylic acids is 1. The zero-order valence-electron chi connectivity index (χ0n) is 17.6. The van der Waals surface area contributed by atoms with Crippen LogP contribution >= 0.6 is 12.2 Å². The molecule has 1 saturated heterocycles. The number of nitrogens with one attached hydrogen (secondary N) is 1. The molecule has 32 heavy (non-hydrogen) atoms. The molecule has 0 radical (unpaired) electrons. The van der Waals surface area contributed by atoms with Crippen molar-refractivity contribution in [2.45, 2.75) is 25.9 Å². The van der Waals surface area contributed by atoms with Crippen molar-refractivity contribution in [3.63, 3.8) is 0 Å². The van der Waals surface area contributed by atoms with E-state index in [1.807, 2.05) is 24.3 Å². The van der Waals surface area contributed by atoms with Crippen LogP contribution in [0, 0.1) is 0 Å². The fourth-order valence-electron chi connectivity index (χ4n) is 4.05. The van der Waals surface area contributed by atoms with Gasteiger partial charge in [0.05, 0.1) is 12.8 Å². The molecule has 0 saturated carbocycles. The first-order valence-corrected chi connectivity index (χ1v) is 10.9. The predicted molar refractivity (Wildman–Crippen MR) is 126 cm³/mol. The molecule has 1 amide bonds. The molecule has 0 spiro atoms. The standard InChI is InChI=1S/C25H22N2O4S/c1-29-23-8-3-2-7-22(23)27-24(28)21(26-25(27)32)14-19-11-12-20(31-19)15-30-18-10-9-16-5-4-6-17(16)13-18/h2-3,7-14H,4-6,15H2,1H3,(H,26,32)/b21-14+. The molecule has 2 aliphatic rings. The Morgan fingerprint density at radius 3 is 2.84 bits per heavy atom. The Morgan fingerprint density at radius 1 is 1.12 bits per heavy atom. The van der Waals surface area contributed by atoms with Gasteiger partial charge in [-0.15, -0.1) is 0 Å². The summed E-state index contributed by atoms with van der Waals surface area (Å²) in [6.45, 7) is 0.315. The van der Waals surface area contributed by atoms with E-state index in [0.29, 0.717) is 35.3 Å². The van der Waals surface area contributed by atoms with Gasteiger partial charge in [-0.2, -0.15) is 0 Å². The van der Waals surface area contributed by atoms with E-state index in [2.05, 4.69) is 17.4 Å². The third-order valence-corrected chi connectivity index (χ3v) is 5.91. The minimum Gasteiger partial charge on any atom is -0.495 e. The van der Waals surface area contributed by atoms with Gasteiger partial charge in [-0.1, -0.05) is 18.2 Å². The first-order valence-electron chi connectivity index (χ1n) is 10.5. The molecule has 3 aromatic rings. The zero-order chi connectivity index (χ0) is 22.1. The van der Waals surface area contributed by atoms with Crippen LogP contribution in [0.25, 0.3) is 6.08 Å². The lowest BCUT2D eigenvalue weighted by Gasteiger charge is -2.17. The van der Waals surface area contributed by atoms with Crippen molar-refractivity contribution in [1.29, 1.82) is 0 Å². The number of rotatable bonds is 6. The molecule has 0 unspecified atom stereocenters. The van der Waals surface area contributed by atoms with E-state index >= 15 is 0 Å². The Kier molecular flexibility index (Phi) is 5.41. The number of methoxy groups -OCH3 is 1. The molecule has 1 N–H and O–H groups in total. The Hall–Kier alpha value is -3.58. The highest BCUT2D eigenvalue weighted by atomic mass is 32.1. The minimum atomic E-state index is -0.271. The zero-order valence-corrected chi connectivity index (χ0v) is 18.4. The van der Waals surface area contributed by atoms with Crippen LogP contribution in [-0.4, -0.2) is 18.1 Å². The van der Waals surface area contributed by atoms with Crippen molar-refractivity contribution < 1.29 is 18.7 Å². The van der Waals surface area contributed by atoms with E-state index in [0.717, 1.165) is 18.6 Å². The van der Waals surface area contributed by atoms with Gasteiger partial charge in [0.15, 0.2) is 5.11 Å². The van der Waals surface area contributed by atoms with Gasteiger partial charge in [-0.25, -0.2) is 4.90 Å². The van der Waals surface area contributed by atoms with Gasteiger partial charge in [0, 0.05) is 6.08 Å². The van der Waals surface area contributed by atoms with Gasteiger partial charge in [0.25, 0.3) is 5.91 Å². The van der Waals surface area contributed by atoms with Crippen LogP contribution in [0.15, 0.2) is 64.7 Å². The molecule has 162 valence electrons. The molecule has 0 atom stereocenters. The maximum Gasteiger partial charge on any atom is 0.281 e. The fraction of sp³-hybridized carbons (Fsp3) is 0.200. The number of benzene rings is 2. The number of aryl methyl sites for hydroxylation is 2. The summed E-state index contributed by atoms with van der Waals surface area (Å²) in [5.74, 6) is 2.35. The lowest BCUT2D eigenvalue weighted by Crippen LogP contribution is -2.30. The van der Waals surface area contributed by atoms with Crippen LogP contribution in [0.1, 0.15) is 29.1 Å². The molecule has 1 aromatic heterocycles. The van der Waals surface area contributed by atoms with Crippen LogP contribution < -0.4 is 19.7 Å². The number of hydrogen-bond donors (Lipinski definition) is 1. The second kappa shape index (κ2) is 8.51. The average molecular weight is 447 g/mol. The van der Waals surface area contributed by atoms with Crippen molar-refractivity contribution in [1.82, 2.24) is 5.32 Å². The minimum absolute atomic E-state index is 0.271. The Bertz CT molecular complexity index is 1230. The van der Waals surface area contributed by atoms with E-state index < -0.39 is 0 Å². The molecule has 1 aliphatic carbocycles. The first-order chi connectivity index (χ1) is 15.6. The Labute approximate surface area is 191 Å². The molecule has 1 fully saturated rings. The van der Waals surface area contributed by atoms with Crippen molar-refractivity contribution in [2.75, 3.05) is 12.0 Å². The second-order valence-corrected chi connectivity index (χ2v) is 8.06. The van der Waals surface area contributed by atoms with Gasteiger partial charge in [-0.3, -0.25) is 4.79 Å². The summed E-state index contributed by atoms with van der Waals surface area (Å²) >= 11 is 5.38. The molecule has 6 nitrogen and oxygen atoms in total. The van der Waals surface area contributed by atoms with Crippen LogP contribution in [-0.2, 0) is 24.2 Å². The van der Waals surface area contributed by atoms with Crippen LogP contribution in [0.5, 0.6) is 11.5 Å². The summed E-state index contributed by atoms with van der Waals surface area (Å²) in [6.07, 6.45) is 5.11. The highest BCUT2D eigenvalue weighted by Gasteiger charge is 2.33. The number of furan rings is 1. The Balaban J connectivity index is 1.29.